The average molecular weight is 278 g/mol. The molecule has 1 aromatic rings. The van der Waals surface area contributed by atoms with E-state index in [1.807, 2.05) is 0 Å². The lowest BCUT2D eigenvalue weighted by Crippen LogP contribution is -2.19. The van der Waals surface area contributed by atoms with Crippen LogP contribution in [0, 0.1) is 17.0 Å². The monoisotopic (exact) mass is 278 g/mol. The van der Waals surface area contributed by atoms with Gasteiger partial charge in [-0.2, -0.15) is 0 Å². The minimum absolute atomic E-state index is 0.0953. The first-order valence-corrected chi connectivity index (χ1v) is 7.25. The number of pyridine rings is 1. The fraction of sp³-hybridized carbons (Fsp3) is 0.643. The number of hydrogen-bond donors (Lipinski definition) is 1. The summed E-state index contributed by atoms with van der Waals surface area (Å²) >= 11 is 0. The van der Waals surface area contributed by atoms with Gasteiger partial charge in [-0.25, -0.2) is 4.98 Å². The summed E-state index contributed by atoms with van der Waals surface area (Å²) < 4.78 is 0. The number of anilines is 1. The molecule has 6 heteroatoms. The molecule has 0 atom stereocenters. The van der Waals surface area contributed by atoms with E-state index in [0.717, 1.165) is 18.9 Å². The molecule has 20 heavy (non-hydrogen) atoms. The molecule has 3 rings (SSSR count). The lowest BCUT2D eigenvalue weighted by atomic mass is 10.2. The lowest BCUT2D eigenvalue weighted by molar-refractivity contribution is -0.385. The predicted octanol–water partition coefficient (Wildman–Crippen LogP) is 2.27. The maximum atomic E-state index is 10.6. The van der Waals surface area contributed by atoms with E-state index in [0.29, 0.717) is 5.56 Å². The molecule has 2 fully saturated rings. The van der Waals surface area contributed by atoms with Crippen LogP contribution in [0.4, 0.5) is 11.5 Å². The Kier molecular flexibility index (Phi) is 5.29. The van der Waals surface area contributed by atoms with Gasteiger partial charge in [0.2, 0.25) is 0 Å². The number of aromatic nitrogens is 1. The van der Waals surface area contributed by atoms with Crippen LogP contribution >= 0.6 is 0 Å². The van der Waals surface area contributed by atoms with Crippen molar-refractivity contribution < 1.29 is 4.92 Å². The first-order valence-electron chi connectivity index (χ1n) is 7.25. The summed E-state index contributed by atoms with van der Waals surface area (Å²) in [7, 11) is 0. The van der Waals surface area contributed by atoms with E-state index < -0.39 is 4.92 Å². The first-order chi connectivity index (χ1) is 9.68. The van der Waals surface area contributed by atoms with Gasteiger partial charge in [0.25, 0.3) is 5.69 Å². The van der Waals surface area contributed by atoms with Crippen molar-refractivity contribution >= 4 is 11.5 Å². The topological polar surface area (TPSA) is 71.3 Å². The SMILES string of the molecule is C1CCNC1.Cc1cc(N2CCCC2)ncc1[N+](=O)[O-]. The quantitative estimate of drug-likeness (QED) is 0.663. The van der Waals surface area contributed by atoms with Crippen molar-refractivity contribution in [1.82, 2.24) is 10.3 Å². The number of nitrogens with zero attached hydrogens (tertiary/aromatic N) is 3. The van der Waals surface area contributed by atoms with E-state index in [1.165, 1.54) is 45.0 Å². The van der Waals surface area contributed by atoms with E-state index in [-0.39, 0.29) is 5.69 Å². The summed E-state index contributed by atoms with van der Waals surface area (Å²) in [6.45, 7) is 6.26. The zero-order valence-electron chi connectivity index (χ0n) is 12.0. The second kappa shape index (κ2) is 7.19. The molecule has 0 unspecified atom stereocenters. The van der Waals surface area contributed by atoms with E-state index >= 15 is 0 Å². The molecule has 0 aromatic carbocycles. The average Bonchev–Trinajstić information content (AvgIpc) is 3.14. The fourth-order valence-corrected chi connectivity index (χ4v) is 2.47. The van der Waals surface area contributed by atoms with Gasteiger partial charge in [-0.05, 0) is 51.8 Å². The van der Waals surface area contributed by atoms with Gasteiger partial charge in [0, 0.05) is 18.7 Å². The van der Waals surface area contributed by atoms with E-state index in [9.17, 15) is 10.1 Å². The van der Waals surface area contributed by atoms with Crippen LogP contribution in [0.3, 0.4) is 0 Å². The first kappa shape index (κ1) is 14.7. The molecule has 0 saturated carbocycles. The van der Waals surface area contributed by atoms with Crippen LogP contribution in [0.25, 0.3) is 0 Å². The molecule has 2 aliphatic heterocycles. The van der Waals surface area contributed by atoms with Crippen LogP contribution in [0.1, 0.15) is 31.2 Å². The van der Waals surface area contributed by atoms with Crippen molar-refractivity contribution in [2.45, 2.75) is 32.6 Å². The van der Waals surface area contributed by atoms with E-state index in [2.05, 4.69) is 15.2 Å². The molecule has 110 valence electrons. The number of hydrogen-bond acceptors (Lipinski definition) is 5. The van der Waals surface area contributed by atoms with Crippen LogP contribution in [0.2, 0.25) is 0 Å². The Morgan fingerprint density at radius 1 is 1.25 bits per heavy atom. The number of nitrogens with one attached hydrogen (secondary N) is 1. The zero-order chi connectivity index (χ0) is 14.4. The van der Waals surface area contributed by atoms with Crippen molar-refractivity contribution in [3.8, 4) is 0 Å². The highest BCUT2D eigenvalue weighted by molar-refractivity contribution is 5.48. The smallest absolute Gasteiger partial charge is 0.290 e. The van der Waals surface area contributed by atoms with Gasteiger partial charge in [0.05, 0.1) is 4.92 Å². The van der Waals surface area contributed by atoms with Crippen molar-refractivity contribution in [1.29, 1.82) is 0 Å². The molecule has 2 saturated heterocycles. The largest absolute Gasteiger partial charge is 0.357 e. The van der Waals surface area contributed by atoms with Gasteiger partial charge in [0.15, 0.2) is 0 Å². The van der Waals surface area contributed by atoms with Gasteiger partial charge in [-0.3, -0.25) is 10.1 Å². The van der Waals surface area contributed by atoms with Crippen LogP contribution in [0.5, 0.6) is 0 Å². The molecule has 1 N–H and O–H groups in total. The molecule has 3 heterocycles. The summed E-state index contributed by atoms with van der Waals surface area (Å²) in [5, 5.41) is 13.8. The van der Waals surface area contributed by atoms with Crippen LogP contribution < -0.4 is 10.2 Å². The molecule has 1 aromatic heterocycles. The molecule has 0 spiro atoms. The Labute approximate surface area is 119 Å². The maximum Gasteiger partial charge on any atom is 0.290 e. The van der Waals surface area contributed by atoms with Crippen LogP contribution in [0.15, 0.2) is 12.3 Å². The molecule has 0 bridgehead atoms. The summed E-state index contributed by atoms with van der Waals surface area (Å²) in [6, 6.07) is 1.80. The zero-order valence-corrected chi connectivity index (χ0v) is 12.0. The Morgan fingerprint density at radius 3 is 2.35 bits per heavy atom. The van der Waals surface area contributed by atoms with Crippen molar-refractivity contribution in [3.05, 3.63) is 27.9 Å². The Balaban J connectivity index is 0.000000247. The summed E-state index contributed by atoms with van der Waals surface area (Å²) in [4.78, 5) is 16.5. The van der Waals surface area contributed by atoms with E-state index in [1.54, 1.807) is 13.0 Å². The minimum atomic E-state index is -0.393. The molecule has 0 radical (unpaired) electrons. The highest BCUT2D eigenvalue weighted by Gasteiger charge is 2.17. The Bertz CT molecular complexity index is 447. The maximum absolute atomic E-state index is 10.6. The minimum Gasteiger partial charge on any atom is -0.357 e. The second-order valence-electron chi connectivity index (χ2n) is 5.24. The van der Waals surface area contributed by atoms with E-state index in [4.69, 9.17) is 0 Å². The van der Waals surface area contributed by atoms with Crippen LogP contribution in [-0.4, -0.2) is 36.1 Å². The Morgan fingerprint density at radius 2 is 1.90 bits per heavy atom. The fourth-order valence-electron chi connectivity index (χ4n) is 2.47. The predicted molar refractivity (Wildman–Crippen MR) is 79.2 cm³/mol. The molecular weight excluding hydrogens is 256 g/mol. The third-order valence-electron chi connectivity index (χ3n) is 3.65. The highest BCUT2D eigenvalue weighted by atomic mass is 16.6. The Hall–Kier alpha value is -1.69. The van der Waals surface area contributed by atoms with Gasteiger partial charge in [-0.1, -0.05) is 0 Å². The molecule has 2 aliphatic rings. The van der Waals surface area contributed by atoms with Gasteiger partial charge in [-0.15, -0.1) is 0 Å². The molecule has 0 aliphatic carbocycles. The van der Waals surface area contributed by atoms with Gasteiger partial charge in [0.1, 0.15) is 12.0 Å². The summed E-state index contributed by atoms with van der Waals surface area (Å²) in [6.07, 6.45) is 6.48. The van der Waals surface area contributed by atoms with Crippen molar-refractivity contribution in [2.75, 3.05) is 31.1 Å². The third-order valence-corrected chi connectivity index (χ3v) is 3.65. The third kappa shape index (κ3) is 3.90. The lowest BCUT2D eigenvalue weighted by Gasteiger charge is -2.16. The van der Waals surface area contributed by atoms with Crippen LogP contribution in [-0.2, 0) is 0 Å². The van der Waals surface area contributed by atoms with Gasteiger partial charge >= 0.3 is 0 Å². The molecular formula is C14H22N4O2. The standard InChI is InChI=1S/C10H13N3O2.C4H9N/c1-8-6-10(12-4-2-3-5-12)11-7-9(8)13(14)15;1-2-4-5-3-1/h6-7H,2-5H2,1H3;5H,1-4H2. The summed E-state index contributed by atoms with van der Waals surface area (Å²) in [5.41, 5.74) is 0.773. The molecule has 6 nitrogen and oxygen atoms in total. The van der Waals surface area contributed by atoms with Crippen molar-refractivity contribution in [2.24, 2.45) is 0 Å². The number of nitro groups is 1. The normalized spacial score (nSPS) is 17.8. The van der Waals surface area contributed by atoms with Gasteiger partial charge < -0.3 is 10.2 Å². The number of aryl methyl sites for hydroxylation is 1. The summed E-state index contributed by atoms with van der Waals surface area (Å²) in [5.74, 6) is 0.857. The van der Waals surface area contributed by atoms with Crippen molar-refractivity contribution in [3.63, 3.8) is 0 Å². The molecule has 0 amide bonds. The highest BCUT2D eigenvalue weighted by Crippen LogP contribution is 2.23. The second-order valence-corrected chi connectivity index (χ2v) is 5.24. The number of rotatable bonds is 2.